The summed E-state index contributed by atoms with van der Waals surface area (Å²) < 4.78 is 0. The number of hydrogen-bond acceptors (Lipinski definition) is 2. The zero-order chi connectivity index (χ0) is 15.6. The Morgan fingerprint density at radius 3 is 1.91 bits per heavy atom. The maximum absolute atomic E-state index is 11.7. The predicted octanol–water partition coefficient (Wildman–Crippen LogP) is 2.05. The number of amides is 2. The van der Waals surface area contributed by atoms with E-state index in [2.05, 4.69) is 10.6 Å². The molecule has 0 aliphatic carbocycles. The first-order chi connectivity index (χ1) is 10.7. The van der Waals surface area contributed by atoms with Crippen molar-refractivity contribution in [2.24, 2.45) is 0 Å². The second-order valence-corrected chi connectivity index (χ2v) is 5.02. The van der Waals surface area contributed by atoms with Crippen molar-refractivity contribution >= 4 is 11.8 Å². The largest absolute Gasteiger partial charge is 0.355 e. The molecule has 0 heterocycles. The molecular weight excluding hydrogens is 276 g/mol. The third kappa shape index (κ3) is 5.79. The number of carbonyl (C=O) groups is 2. The van der Waals surface area contributed by atoms with E-state index in [9.17, 15) is 9.59 Å². The lowest BCUT2D eigenvalue weighted by molar-refractivity contribution is -0.129. The van der Waals surface area contributed by atoms with Crippen LogP contribution in [0.4, 0.5) is 0 Å². The van der Waals surface area contributed by atoms with Gasteiger partial charge in [-0.2, -0.15) is 0 Å². The van der Waals surface area contributed by atoms with E-state index in [1.54, 1.807) is 0 Å². The molecule has 22 heavy (non-hydrogen) atoms. The number of hydrogen-bond donors (Lipinski definition) is 2. The van der Waals surface area contributed by atoms with Crippen molar-refractivity contribution in [2.75, 3.05) is 6.54 Å². The fraction of sp³-hybridized carbons (Fsp3) is 0.222. The fourth-order valence-electron chi connectivity index (χ4n) is 2.06. The molecule has 4 nitrogen and oxygen atoms in total. The molecule has 0 saturated carbocycles. The smallest absolute Gasteiger partial charge is 0.229 e. The maximum atomic E-state index is 11.7. The molecule has 4 heteroatoms. The monoisotopic (exact) mass is 296 g/mol. The van der Waals surface area contributed by atoms with Crippen LogP contribution in [0.5, 0.6) is 0 Å². The average molecular weight is 296 g/mol. The Balaban J connectivity index is 1.63. The third-order valence-electron chi connectivity index (χ3n) is 3.23. The summed E-state index contributed by atoms with van der Waals surface area (Å²) in [6.07, 6.45) is 0.625. The van der Waals surface area contributed by atoms with E-state index in [0.717, 1.165) is 17.5 Å². The molecular formula is C18H20N2O2. The van der Waals surface area contributed by atoms with Crippen LogP contribution < -0.4 is 10.6 Å². The lowest BCUT2D eigenvalue weighted by atomic mass is 10.1. The van der Waals surface area contributed by atoms with Crippen molar-refractivity contribution in [3.63, 3.8) is 0 Å². The average Bonchev–Trinajstić information content (AvgIpc) is 2.55. The molecule has 0 radical (unpaired) electrons. The minimum absolute atomic E-state index is 0.137. The molecule has 0 saturated heterocycles. The highest BCUT2D eigenvalue weighted by Crippen LogP contribution is 1.99. The quantitative estimate of drug-likeness (QED) is 0.768. The Morgan fingerprint density at radius 2 is 1.27 bits per heavy atom. The molecule has 0 unspecified atom stereocenters. The Morgan fingerprint density at radius 1 is 0.727 bits per heavy atom. The summed E-state index contributed by atoms with van der Waals surface area (Å²) in [5.74, 6) is -0.512. The number of carbonyl (C=O) groups excluding carboxylic acids is 2. The molecule has 2 aromatic carbocycles. The van der Waals surface area contributed by atoms with Gasteiger partial charge in [0.2, 0.25) is 11.8 Å². The van der Waals surface area contributed by atoms with E-state index in [4.69, 9.17) is 0 Å². The zero-order valence-corrected chi connectivity index (χ0v) is 12.4. The predicted molar refractivity (Wildman–Crippen MR) is 86.1 cm³/mol. The summed E-state index contributed by atoms with van der Waals surface area (Å²) in [5.41, 5.74) is 2.18. The summed E-state index contributed by atoms with van der Waals surface area (Å²) >= 11 is 0. The van der Waals surface area contributed by atoms with Gasteiger partial charge in [0.15, 0.2) is 0 Å². The minimum Gasteiger partial charge on any atom is -0.355 e. The van der Waals surface area contributed by atoms with Gasteiger partial charge in [-0.15, -0.1) is 0 Å². The summed E-state index contributed by atoms with van der Waals surface area (Å²) in [4.78, 5) is 23.4. The van der Waals surface area contributed by atoms with Crippen LogP contribution in [0.2, 0.25) is 0 Å². The van der Waals surface area contributed by atoms with Crippen molar-refractivity contribution < 1.29 is 9.59 Å². The Labute approximate surface area is 130 Å². The molecule has 2 rings (SSSR count). The molecule has 0 aromatic heterocycles. The van der Waals surface area contributed by atoms with Crippen molar-refractivity contribution in [2.45, 2.75) is 19.4 Å². The SMILES string of the molecule is O=C(CC(=O)NCc1ccccc1)NCCc1ccccc1. The first-order valence-corrected chi connectivity index (χ1v) is 7.35. The van der Waals surface area contributed by atoms with Crippen molar-refractivity contribution in [1.82, 2.24) is 10.6 Å². The van der Waals surface area contributed by atoms with Crippen molar-refractivity contribution in [3.05, 3.63) is 71.8 Å². The molecule has 114 valence electrons. The fourth-order valence-corrected chi connectivity index (χ4v) is 2.06. The van der Waals surface area contributed by atoms with Crippen molar-refractivity contribution in [1.29, 1.82) is 0 Å². The van der Waals surface area contributed by atoms with E-state index in [1.165, 1.54) is 0 Å². The molecule has 0 atom stereocenters. The molecule has 2 N–H and O–H groups in total. The van der Waals surface area contributed by atoms with Gasteiger partial charge in [0.25, 0.3) is 0 Å². The molecule has 0 aliphatic heterocycles. The van der Waals surface area contributed by atoms with Crippen molar-refractivity contribution in [3.8, 4) is 0 Å². The van der Waals surface area contributed by atoms with E-state index < -0.39 is 0 Å². The van der Waals surface area contributed by atoms with Crippen LogP contribution in [0, 0.1) is 0 Å². The van der Waals surface area contributed by atoms with Crippen LogP contribution in [0.3, 0.4) is 0 Å². The highest BCUT2D eigenvalue weighted by molar-refractivity contribution is 5.96. The van der Waals surface area contributed by atoms with E-state index in [1.807, 2.05) is 60.7 Å². The molecule has 2 amide bonds. The molecule has 2 aromatic rings. The molecule has 0 aliphatic rings. The molecule has 0 fully saturated rings. The first-order valence-electron chi connectivity index (χ1n) is 7.35. The summed E-state index contributed by atoms with van der Waals surface area (Å²) in [7, 11) is 0. The van der Waals surface area contributed by atoms with Crippen LogP contribution in [0.25, 0.3) is 0 Å². The van der Waals surface area contributed by atoms with Gasteiger partial charge >= 0.3 is 0 Å². The molecule has 0 spiro atoms. The van der Waals surface area contributed by atoms with Gasteiger partial charge in [0.05, 0.1) is 0 Å². The number of nitrogens with one attached hydrogen (secondary N) is 2. The Kier molecular flexibility index (Phi) is 6.18. The van der Waals surface area contributed by atoms with Gasteiger partial charge in [-0.25, -0.2) is 0 Å². The third-order valence-corrected chi connectivity index (χ3v) is 3.23. The van der Waals surface area contributed by atoms with Gasteiger partial charge in [-0.1, -0.05) is 60.7 Å². The van der Waals surface area contributed by atoms with Crippen LogP contribution in [0.1, 0.15) is 17.5 Å². The topological polar surface area (TPSA) is 58.2 Å². The lowest BCUT2D eigenvalue weighted by Gasteiger charge is -2.07. The maximum Gasteiger partial charge on any atom is 0.229 e. The number of rotatable bonds is 7. The first kappa shape index (κ1) is 15.8. The van der Waals surface area contributed by atoms with Crippen LogP contribution >= 0.6 is 0 Å². The second kappa shape index (κ2) is 8.62. The van der Waals surface area contributed by atoms with E-state index in [0.29, 0.717) is 13.1 Å². The molecule has 0 bridgehead atoms. The van der Waals surface area contributed by atoms with Gasteiger partial charge in [0, 0.05) is 13.1 Å². The van der Waals surface area contributed by atoms with Gasteiger partial charge in [-0.05, 0) is 17.5 Å². The highest BCUT2D eigenvalue weighted by atomic mass is 16.2. The van der Waals surface area contributed by atoms with E-state index in [-0.39, 0.29) is 18.2 Å². The second-order valence-electron chi connectivity index (χ2n) is 5.02. The Bertz CT molecular complexity index is 597. The Hall–Kier alpha value is -2.62. The summed E-state index contributed by atoms with van der Waals surface area (Å²) in [6, 6.07) is 19.5. The van der Waals surface area contributed by atoms with Gasteiger partial charge in [0.1, 0.15) is 6.42 Å². The van der Waals surface area contributed by atoms with Gasteiger partial charge in [-0.3, -0.25) is 9.59 Å². The minimum atomic E-state index is -0.263. The van der Waals surface area contributed by atoms with Crippen LogP contribution in [-0.2, 0) is 22.6 Å². The van der Waals surface area contributed by atoms with Crippen LogP contribution in [-0.4, -0.2) is 18.4 Å². The highest BCUT2D eigenvalue weighted by Gasteiger charge is 2.08. The lowest BCUT2D eigenvalue weighted by Crippen LogP contribution is -2.32. The number of benzene rings is 2. The van der Waals surface area contributed by atoms with E-state index >= 15 is 0 Å². The zero-order valence-electron chi connectivity index (χ0n) is 12.4. The normalized spacial score (nSPS) is 10.0. The standard InChI is InChI=1S/C18H20N2O2/c21-17(19-12-11-15-7-3-1-4-8-15)13-18(22)20-14-16-9-5-2-6-10-16/h1-10H,11-14H2,(H,19,21)(H,20,22). The summed E-state index contributed by atoms with van der Waals surface area (Å²) in [6.45, 7) is 0.978. The van der Waals surface area contributed by atoms with Gasteiger partial charge < -0.3 is 10.6 Å². The van der Waals surface area contributed by atoms with Crippen LogP contribution in [0.15, 0.2) is 60.7 Å². The summed E-state index contributed by atoms with van der Waals surface area (Å²) in [5, 5.41) is 5.50.